The first-order valence-corrected chi connectivity index (χ1v) is 6.08. The molecule has 2 aromatic rings. The van der Waals surface area contributed by atoms with Crippen LogP contribution in [-0.4, -0.2) is 20.3 Å². The summed E-state index contributed by atoms with van der Waals surface area (Å²) in [6, 6.07) is 5.91. The van der Waals surface area contributed by atoms with E-state index in [2.05, 4.69) is 26.0 Å². The summed E-state index contributed by atoms with van der Waals surface area (Å²) in [4.78, 5) is 4.28. The van der Waals surface area contributed by atoms with E-state index in [0.29, 0.717) is 0 Å². The highest BCUT2D eigenvalue weighted by atomic mass is 32.1. The Bertz CT molecular complexity index is 427. The molecule has 0 saturated heterocycles. The van der Waals surface area contributed by atoms with Crippen LogP contribution in [0.1, 0.15) is 24.7 Å². The van der Waals surface area contributed by atoms with E-state index in [1.54, 1.807) is 6.20 Å². The van der Waals surface area contributed by atoms with E-state index in [4.69, 9.17) is 0 Å². The molecule has 0 aliphatic heterocycles. The van der Waals surface area contributed by atoms with Crippen LogP contribution in [0.2, 0.25) is 0 Å². The molecule has 0 aliphatic rings. The standard InChI is InChI=1S/C11H14N4S/c1-2-6-13-11-10(14-16-15-11)8-9-5-3-4-7-12-9/h3-5,7H,2,6,8H2,1H3,(H,13,15). The van der Waals surface area contributed by atoms with Crippen LogP contribution in [-0.2, 0) is 6.42 Å². The SMILES string of the molecule is CCCNc1nsnc1Cc1ccccn1. The number of rotatable bonds is 5. The highest BCUT2D eigenvalue weighted by Gasteiger charge is 2.08. The number of aromatic nitrogens is 3. The summed E-state index contributed by atoms with van der Waals surface area (Å²) in [6.45, 7) is 3.06. The summed E-state index contributed by atoms with van der Waals surface area (Å²) in [7, 11) is 0. The van der Waals surface area contributed by atoms with Crippen molar-refractivity contribution in [1.82, 2.24) is 13.7 Å². The lowest BCUT2D eigenvalue weighted by molar-refractivity contribution is 0.960. The maximum atomic E-state index is 4.29. The predicted octanol–water partition coefficient (Wildman–Crippen LogP) is 2.35. The van der Waals surface area contributed by atoms with Crippen LogP contribution in [0, 0.1) is 0 Å². The zero-order valence-corrected chi connectivity index (χ0v) is 10.00. The van der Waals surface area contributed by atoms with E-state index in [9.17, 15) is 0 Å². The molecular weight excluding hydrogens is 220 g/mol. The minimum Gasteiger partial charge on any atom is -0.368 e. The Labute approximate surface area is 99.1 Å². The second-order valence-corrected chi connectivity index (χ2v) is 4.01. The topological polar surface area (TPSA) is 50.7 Å². The van der Waals surface area contributed by atoms with Gasteiger partial charge in [0.25, 0.3) is 0 Å². The first-order valence-electron chi connectivity index (χ1n) is 5.35. The molecule has 84 valence electrons. The second kappa shape index (κ2) is 5.55. The number of nitrogens with zero attached hydrogens (tertiary/aromatic N) is 3. The minimum atomic E-state index is 0.739. The molecule has 0 radical (unpaired) electrons. The number of nitrogens with one attached hydrogen (secondary N) is 1. The third kappa shape index (κ3) is 2.76. The van der Waals surface area contributed by atoms with Gasteiger partial charge in [-0.05, 0) is 18.6 Å². The molecule has 0 atom stereocenters. The van der Waals surface area contributed by atoms with Crippen molar-refractivity contribution in [3.63, 3.8) is 0 Å². The van der Waals surface area contributed by atoms with Crippen molar-refractivity contribution in [2.24, 2.45) is 0 Å². The van der Waals surface area contributed by atoms with Crippen molar-refractivity contribution in [1.29, 1.82) is 0 Å². The van der Waals surface area contributed by atoms with Gasteiger partial charge in [-0.1, -0.05) is 13.0 Å². The monoisotopic (exact) mass is 234 g/mol. The normalized spacial score (nSPS) is 10.3. The molecule has 0 aromatic carbocycles. The third-order valence-electron chi connectivity index (χ3n) is 2.17. The van der Waals surface area contributed by atoms with Gasteiger partial charge in [-0.25, -0.2) is 0 Å². The smallest absolute Gasteiger partial charge is 0.163 e. The van der Waals surface area contributed by atoms with E-state index >= 15 is 0 Å². The fourth-order valence-corrected chi connectivity index (χ4v) is 1.92. The van der Waals surface area contributed by atoms with Gasteiger partial charge in [-0.3, -0.25) is 4.98 Å². The summed E-state index contributed by atoms with van der Waals surface area (Å²) in [5.74, 6) is 0.900. The van der Waals surface area contributed by atoms with Crippen molar-refractivity contribution in [2.45, 2.75) is 19.8 Å². The summed E-state index contributed by atoms with van der Waals surface area (Å²) in [6.07, 6.45) is 3.62. The van der Waals surface area contributed by atoms with E-state index < -0.39 is 0 Å². The first kappa shape index (κ1) is 11.0. The number of hydrogen-bond donors (Lipinski definition) is 1. The average molecular weight is 234 g/mol. The van der Waals surface area contributed by atoms with Gasteiger partial charge in [0.15, 0.2) is 5.82 Å². The van der Waals surface area contributed by atoms with Crippen molar-refractivity contribution >= 4 is 17.5 Å². The van der Waals surface area contributed by atoms with E-state index in [-0.39, 0.29) is 0 Å². The average Bonchev–Trinajstić information content (AvgIpc) is 2.75. The Morgan fingerprint density at radius 1 is 1.31 bits per heavy atom. The molecule has 5 heteroatoms. The van der Waals surface area contributed by atoms with Crippen LogP contribution < -0.4 is 5.32 Å². The fourth-order valence-electron chi connectivity index (χ4n) is 1.37. The Hall–Kier alpha value is -1.49. The maximum absolute atomic E-state index is 4.29. The summed E-state index contributed by atoms with van der Waals surface area (Å²) in [5, 5.41) is 3.27. The molecule has 2 aromatic heterocycles. The van der Waals surface area contributed by atoms with Gasteiger partial charge < -0.3 is 5.32 Å². The lowest BCUT2D eigenvalue weighted by Crippen LogP contribution is -2.03. The van der Waals surface area contributed by atoms with Crippen LogP contribution in [0.25, 0.3) is 0 Å². The lowest BCUT2D eigenvalue weighted by Gasteiger charge is -2.02. The molecule has 4 nitrogen and oxygen atoms in total. The van der Waals surface area contributed by atoms with Crippen molar-refractivity contribution < 1.29 is 0 Å². The zero-order chi connectivity index (χ0) is 11.2. The molecule has 2 heterocycles. The van der Waals surface area contributed by atoms with Crippen LogP contribution in [0.5, 0.6) is 0 Å². The number of anilines is 1. The van der Waals surface area contributed by atoms with Crippen molar-refractivity contribution in [3.05, 3.63) is 35.8 Å². The third-order valence-corrected chi connectivity index (χ3v) is 2.74. The van der Waals surface area contributed by atoms with Crippen LogP contribution >= 0.6 is 11.7 Å². The van der Waals surface area contributed by atoms with Gasteiger partial charge in [-0.2, -0.15) is 8.75 Å². The molecule has 0 unspecified atom stereocenters. The molecule has 0 saturated carbocycles. The molecule has 0 bridgehead atoms. The zero-order valence-electron chi connectivity index (χ0n) is 9.18. The minimum absolute atomic E-state index is 0.739. The molecule has 2 rings (SSSR count). The Morgan fingerprint density at radius 2 is 2.25 bits per heavy atom. The summed E-state index contributed by atoms with van der Waals surface area (Å²) in [5.41, 5.74) is 2.01. The molecule has 0 amide bonds. The maximum Gasteiger partial charge on any atom is 0.163 e. The number of hydrogen-bond acceptors (Lipinski definition) is 5. The Balaban J connectivity index is 2.07. The molecule has 16 heavy (non-hydrogen) atoms. The second-order valence-electron chi connectivity index (χ2n) is 3.48. The summed E-state index contributed by atoms with van der Waals surface area (Å²) < 4.78 is 8.53. The van der Waals surface area contributed by atoms with E-state index in [1.165, 1.54) is 11.7 Å². The molecule has 0 fully saturated rings. The largest absolute Gasteiger partial charge is 0.368 e. The van der Waals surface area contributed by atoms with E-state index in [0.717, 1.165) is 36.6 Å². The van der Waals surface area contributed by atoms with E-state index in [1.807, 2.05) is 18.2 Å². The molecule has 0 spiro atoms. The van der Waals surface area contributed by atoms with Gasteiger partial charge >= 0.3 is 0 Å². The highest BCUT2D eigenvalue weighted by molar-refractivity contribution is 6.99. The predicted molar refractivity (Wildman–Crippen MR) is 65.7 cm³/mol. The quantitative estimate of drug-likeness (QED) is 0.862. The summed E-state index contributed by atoms with van der Waals surface area (Å²) >= 11 is 1.25. The van der Waals surface area contributed by atoms with Gasteiger partial charge in [0.1, 0.15) is 5.69 Å². The molecular formula is C11H14N4S. The van der Waals surface area contributed by atoms with Gasteiger partial charge in [0, 0.05) is 24.9 Å². The number of pyridine rings is 1. The first-order chi connectivity index (χ1) is 7.90. The van der Waals surface area contributed by atoms with Crippen LogP contribution in [0.4, 0.5) is 5.82 Å². The van der Waals surface area contributed by atoms with Crippen LogP contribution in [0.3, 0.4) is 0 Å². The molecule has 0 aliphatic carbocycles. The van der Waals surface area contributed by atoms with Gasteiger partial charge in [0.2, 0.25) is 0 Å². The fraction of sp³-hybridized carbons (Fsp3) is 0.364. The highest BCUT2D eigenvalue weighted by Crippen LogP contribution is 2.15. The van der Waals surface area contributed by atoms with Gasteiger partial charge in [0.05, 0.1) is 11.7 Å². The molecule has 1 N–H and O–H groups in total. The Morgan fingerprint density at radius 3 is 3.00 bits per heavy atom. The van der Waals surface area contributed by atoms with Crippen molar-refractivity contribution in [3.8, 4) is 0 Å². The van der Waals surface area contributed by atoms with Gasteiger partial charge in [-0.15, -0.1) is 0 Å². The van der Waals surface area contributed by atoms with Crippen LogP contribution in [0.15, 0.2) is 24.4 Å². The lowest BCUT2D eigenvalue weighted by atomic mass is 10.2. The van der Waals surface area contributed by atoms with Crippen molar-refractivity contribution in [2.75, 3.05) is 11.9 Å². The Kier molecular flexibility index (Phi) is 3.82.